The summed E-state index contributed by atoms with van der Waals surface area (Å²) in [6.45, 7) is 0.293. The Morgan fingerprint density at radius 2 is 1.86 bits per heavy atom. The normalized spacial score (nSPS) is 10.4. The fraction of sp³-hybridized carbons (Fsp3) is 0.250. The molecule has 1 aromatic heterocycles. The lowest BCUT2D eigenvalue weighted by Gasteiger charge is -2.11. The maximum absolute atomic E-state index is 12.4. The Morgan fingerprint density at radius 1 is 1.07 bits per heavy atom. The fourth-order valence-corrected chi connectivity index (χ4v) is 3.22. The van der Waals surface area contributed by atoms with E-state index >= 15 is 0 Å². The largest absolute Gasteiger partial charge is 0.497 e. The van der Waals surface area contributed by atoms with Crippen LogP contribution in [0.1, 0.15) is 5.82 Å². The minimum atomic E-state index is -0.188. The highest BCUT2D eigenvalue weighted by Crippen LogP contribution is 2.29. The van der Waals surface area contributed by atoms with E-state index in [9.17, 15) is 4.79 Å². The SMILES string of the molecule is COc1ccc(OC)c(NC(=O)CSc2nnc(COc3ccccc3)n2C)c1. The summed E-state index contributed by atoms with van der Waals surface area (Å²) in [5.74, 6) is 2.61. The Morgan fingerprint density at radius 3 is 2.59 bits per heavy atom. The number of carbonyl (C=O) groups excluding carboxylic acids is 1. The molecule has 8 nitrogen and oxygen atoms in total. The van der Waals surface area contributed by atoms with Gasteiger partial charge < -0.3 is 24.1 Å². The summed E-state index contributed by atoms with van der Waals surface area (Å²) in [6, 6.07) is 14.7. The number of methoxy groups -OCH3 is 2. The van der Waals surface area contributed by atoms with Gasteiger partial charge in [-0.25, -0.2) is 0 Å². The quantitative estimate of drug-likeness (QED) is 0.538. The van der Waals surface area contributed by atoms with Crippen molar-refractivity contribution in [2.75, 3.05) is 25.3 Å². The Labute approximate surface area is 173 Å². The number of nitrogens with zero attached hydrogens (tertiary/aromatic N) is 3. The second-order valence-corrected chi connectivity index (χ2v) is 6.91. The third kappa shape index (κ3) is 5.41. The molecule has 0 fully saturated rings. The van der Waals surface area contributed by atoms with Gasteiger partial charge in [-0.15, -0.1) is 10.2 Å². The number of hydrogen-bond donors (Lipinski definition) is 1. The maximum atomic E-state index is 12.4. The molecule has 0 saturated carbocycles. The number of ether oxygens (including phenoxy) is 3. The number of nitrogens with one attached hydrogen (secondary N) is 1. The van der Waals surface area contributed by atoms with Gasteiger partial charge in [0.15, 0.2) is 11.0 Å². The van der Waals surface area contributed by atoms with Crippen LogP contribution in [0.5, 0.6) is 17.2 Å². The van der Waals surface area contributed by atoms with Crippen LogP contribution in [0.4, 0.5) is 5.69 Å². The van der Waals surface area contributed by atoms with E-state index < -0.39 is 0 Å². The smallest absolute Gasteiger partial charge is 0.234 e. The molecule has 0 aliphatic rings. The molecule has 3 rings (SSSR count). The lowest BCUT2D eigenvalue weighted by molar-refractivity contribution is -0.113. The van der Waals surface area contributed by atoms with Crippen molar-refractivity contribution in [3.05, 3.63) is 54.4 Å². The van der Waals surface area contributed by atoms with E-state index in [-0.39, 0.29) is 11.7 Å². The summed E-state index contributed by atoms with van der Waals surface area (Å²) in [4.78, 5) is 12.4. The van der Waals surface area contributed by atoms with Crippen molar-refractivity contribution in [1.29, 1.82) is 0 Å². The Bertz CT molecular complexity index is 962. The standard InChI is InChI=1S/C20H22N4O4S/c1-24-18(12-28-14-7-5-4-6-8-14)22-23-20(24)29-13-19(25)21-16-11-15(26-2)9-10-17(16)27-3/h4-11H,12-13H2,1-3H3,(H,21,25). The average molecular weight is 414 g/mol. The van der Waals surface area contributed by atoms with Crippen LogP contribution in [0.3, 0.4) is 0 Å². The maximum Gasteiger partial charge on any atom is 0.234 e. The van der Waals surface area contributed by atoms with Crippen LogP contribution in [0, 0.1) is 0 Å². The summed E-state index contributed by atoms with van der Waals surface area (Å²) < 4.78 is 18.0. The molecule has 152 valence electrons. The number of hydrogen-bond acceptors (Lipinski definition) is 7. The molecule has 0 aliphatic heterocycles. The van der Waals surface area contributed by atoms with Crippen molar-refractivity contribution in [1.82, 2.24) is 14.8 Å². The summed E-state index contributed by atoms with van der Waals surface area (Å²) >= 11 is 1.29. The Kier molecular flexibility index (Phi) is 6.96. The number of anilines is 1. The molecule has 0 radical (unpaired) electrons. The van der Waals surface area contributed by atoms with Crippen molar-refractivity contribution < 1.29 is 19.0 Å². The van der Waals surface area contributed by atoms with Gasteiger partial charge in [-0.2, -0.15) is 0 Å². The molecule has 1 heterocycles. The van der Waals surface area contributed by atoms with E-state index in [1.54, 1.807) is 32.4 Å². The molecule has 9 heteroatoms. The zero-order chi connectivity index (χ0) is 20.6. The Balaban J connectivity index is 1.56. The molecule has 0 spiro atoms. The zero-order valence-corrected chi connectivity index (χ0v) is 17.2. The third-order valence-electron chi connectivity index (χ3n) is 4.05. The average Bonchev–Trinajstić information content (AvgIpc) is 3.10. The lowest BCUT2D eigenvalue weighted by atomic mass is 10.2. The van der Waals surface area contributed by atoms with E-state index in [0.29, 0.717) is 34.8 Å². The predicted molar refractivity (Wildman–Crippen MR) is 111 cm³/mol. The van der Waals surface area contributed by atoms with Crippen molar-refractivity contribution in [3.63, 3.8) is 0 Å². The van der Waals surface area contributed by atoms with Crippen molar-refractivity contribution in [2.45, 2.75) is 11.8 Å². The van der Waals surface area contributed by atoms with Gasteiger partial charge in [0.05, 0.1) is 25.7 Å². The summed E-state index contributed by atoms with van der Waals surface area (Å²) in [5.41, 5.74) is 0.548. The van der Waals surface area contributed by atoms with E-state index in [1.165, 1.54) is 11.8 Å². The first kappa shape index (κ1) is 20.5. The number of para-hydroxylation sites is 1. The third-order valence-corrected chi connectivity index (χ3v) is 5.07. The zero-order valence-electron chi connectivity index (χ0n) is 16.4. The van der Waals surface area contributed by atoms with Gasteiger partial charge in [-0.05, 0) is 24.3 Å². The van der Waals surface area contributed by atoms with Gasteiger partial charge in [0.2, 0.25) is 5.91 Å². The highest BCUT2D eigenvalue weighted by molar-refractivity contribution is 7.99. The van der Waals surface area contributed by atoms with Crippen molar-refractivity contribution in [2.24, 2.45) is 7.05 Å². The highest BCUT2D eigenvalue weighted by Gasteiger charge is 2.14. The van der Waals surface area contributed by atoms with Crippen LogP contribution in [-0.2, 0) is 18.4 Å². The summed E-state index contributed by atoms with van der Waals surface area (Å²) in [7, 11) is 4.95. The molecule has 0 saturated heterocycles. The lowest BCUT2D eigenvalue weighted by Crippen LogP contribution is -2.15. The number of carbonyl (C=O) groups is 1. The van der Waals surface area contributed by atoms with Crippen LogP contribution < -0.4 is 19.5 Å². The first-order valence-corrected chi connectivity index (χ1v) is 9.80. The molecule has 1 N–H and O–H groups in total. The number of amides is 1. The van der Waals surface area contributed by atoms with Crippen molar-refractivity contribution >= 4 is 23.4 Å². The number of aromatic nitrogens is 3. The molecular formula is C20H22N4O4S. The minimum Gasteiger partial charge on any atom is -0.497 e. The molecule has 0 aliphatic carbocycles. The monoisotopic (exact) mass is 414 g/mol. The topological polar surface area (TPSA) is 87.5 Å². The van der Waals surface area contributed by atoms with Gasteiger partial charge in [0, 0.05) is 13.1 Å². The van der Waals surface area contributed by atoms with Gasteiger partial charge >= 0.3 is 0 Å². The van der Waals surface area contributed by atoms with Gasteiger partial charge in [-0.3, -0.25) is 4.79 Å². The molecule has 0 bridgehead atoms. The summed E-state index contributed by atoms with van der Waals surface area (Å²) in [6.07, 6.45) is 0. The van der Waals surface area contributed by atoms with Gasteiger partial charge in [0.25, 0.3) is 0 Å². The van der Waals surface area contributed by atoms with E-state index in [4.69, 9.17) is 14.2 Å². The van der Waals surface area contributed by atoms with Crippen LogP contribution >= 0.6 is 11.8 Å². The van der Waals surface area contributed by atoms with Crippen LogP contribution in [0.2, 0.25) is 0 Å². The van der Waals surface area contributed by atoms with E-state index in [1.807, 2.05) is 41.9 Å². The fourth-order valence-electron chi connectivity index (χ4n) is 2.49. The van der Waals surface area contributed by atoms with E-state index in [0.717, 1.165) is 5.75 Å². The number of rotatable bonds is 9. The minimum absolute atomic E-state index is 0.172. The van der Waals surface area contributed by atoms with Crippen molar-refractivity contribution in [3.8, 4) is 17.2 Å². The van der Waals surface area contributed by atoms with Gasteiger partial charge in [0.1, 0.15) is 23.9 Å². The number of thioether (sulfide) groups is 1. The molecule has 0 atom stereocenters. The van der Waals surface area contributed by atoms with Crippen LogP contribution in [0.25, 0.3) is 0 Å². The molecule has 3 aromatic rings. The predicted octanol–water partition coefficient (Wildman–Crippen LogP) is 3.14. The van der Waals surface area contributed by atoms with Crippen LogP contribution in [-0.4, -0.2) is 40.6 Å². The molecular weight excluding hydrogens is 392 g/mol. The molecule has 2 aromatic carbocycles. The molecule has 29 heavy (non-hydrogen) atoms. The Hall–Kier alpha value is -3.20. The molecule has 0 unspecified atom stereocenters. The number of benzene rings is 2. The van der Waals surface area contributed by atoms with E-state index in [2.05, 4.69) is 15.5 Å². The summed E-state index contributed by atoms with van der Waals surface area (Å²) in [5, 5.41) is 11.7. The van der Waals surface area contributed by atoms with Crippen LogP contribution in [0.15, 0.2) is 53.7 Å². The first-order valence-electron chi connectivity index (χ1n) is 8.81. The van der Waals surface area contributed by atoms with Gasteiger partial charge in [-0.1, -0.05) is 30.0 Å². The molecule has 1 amide bonds. The highest BCUT2D eigenvalue weighted by atomic mass is 32.2. The first-order chi connectivity index (χ1) is 14.1. The second-order valence-electron chi connectivity index (χ2n) is 5.96. The second kappa shape index (κ2) is 9.83.